The Labute approximate surface area is 161 Å². The Morgan fingerprint density at radius 1 is 1.25 bits per heavy atom. The second kappa shape index (κ2) is 7.26. The first-order valence-electron chi connectivity index (χ1n) is 8.62. The van der Waals surface area contributed by atoms with E-state index in [0.29, 0.717) is 17.1 Å². The van der Waals surface area contributed by atoms with Crippen molar-refractivity contribution in [2.24, 2.45) is 0 Å². The Morgan fingerprint density at radius 2 is 2.00 bits per heavy atom. The van der Waals surface area contributed by atoms with Crippen LogP contribution in [-0.2, 0) is 10.3 Å². The van der Waals surface area contributed by atoms with E-state index >= 15 is 0 Å². The minimum atomic E-state index is -1.19. The molecular weight excluding hydrogens is 362 g/mol. The van der Waals surface area contributed by atoms with Gasteiger partial charge < -0.3 is 15.2 Å². The Bertz CT molecular complexity index is 1060. The summed E-state index contributed by atoms with van der Waals surface area (Å²) in [5.74, 6) is -0.856. The summed E-state index contributed by atoms with van der Waals surface area (Å²) in [6.07, 6.45) is -0.324. The van der Waals surface area contributed by atoms with E-state index in [2.05, 4.69) is 20.4 Å². The molecule has 9 nitrogen and oxygen atoms in total. The highest BCUT2D eigenvalue weighted by molar-refractivity contribution is 5.92. The number of amides is 1. The second-order valence-corrected chi connectivity index (χ2v) is 6.77. The molecular formula is C19H21N5O4. The summed E-state index contributed by atoms with van der Waals surface area (Å²) in [5, 5.41) is 16.3. The molecule has 0 saturated heterocycles. The summed E-state index contributed by atoms with van der Waals surface area (Å²) in [7, 11) is 1.52. The van der Waals surface area contributed by atoms with Crippen LogP contribution in [-0.4, -0.2) is 43.7 Å². The smallest absolute Gasteiger partial charge is 0.306 e. The first-order chi connectivity index (χ1) is 13.2. The number of fused-ring (bicyclic) bond motifs is 1. The van der Waals surface area contributed by atoms with Gasteiger partial charge in [0.1, 0.15) is 5.75 Å². The number of benzene rings is 1. The van der Waals surface area contributed by atoms with Crippen LogP contribution in [0, 0.1) is 13.8 Å². The Morgan fingerprint density at radius 3 is 2.68 bits per heavy atom. The van der Waals surface area contributed by atoms with Crippen LogP contribution < -0.4 is 10.1 Å². The van der Waals surface area contributed by atoms with E-state index in [9.17, 15) is 14.7 Å². The molecule has 0 spiro atoms. The Balaban J connectivity index is 1.97. The van der Waals surface area contributed by atoms with Gasteiger partial charge in [0.2, 0.25) is 5.82 Å². The zero-order chi connectivity index (χ0) is 20.5. The van der Waals surface area contributed by atoms with Crippen LogP contribution in [0.5, 0.6) is 5.75 Å². The monoisotopic (exact) mass is 383 g/mol. The van der Waals surface area contributed by atoms with E-state index in [4.69, 9.17) is 4.74 Å². The highest BCUT2D eigenvalue weighted by Crippen LogP contribution is 2.28. The molecule has 0 fully saturated rings. The van der Waals surface area contributed by atoms with Crippen LogP contribution in [0.4, 0.5) is 0 Å². The molecule has 2 N–H and O–H groups in total. The largest absolute Gasteiger partial charge is 0.497 e. The topological polar surface area (TPSA) is 119 Å². The predicted octanol–water partition coefficient (Wildman–Crippen LogP) is 1.87. The third kappa shape index (κ3) is 3.78. The molecule has 1 atom stereocenters. The lowest BCUT2D eigenvalue weighted by atomic mass is 9.88. The second-order valence-electron chi connectivity index (χ2n) is 6.77. The van der Waals surface area contributed by atoms with Crippen molar-refractivity contribution in [1.82, 2.24) is 24.9 Å². The molecule has 3 rings (SSSR count). The maximum atomic E-state index is 12.8. The fourth-order valence-electron chi connectivity index (χ4n) is 3.06. The summed E-state index contributed by atoms with van der Waals surface area (Å²) in [6.45, 7) is 5.30. The number of hydrogen-bond donors (Lipinski definition) is 2. The van der Waals surface area contributed by atoms with E-state index in [1.807, 2.05) is 19.9 Å². The fraction of sp³-hybridized carbons (Fsp3) is 0.316. The van der Waals surface area contributed by atoms with Crippen molar-refractivity contribution in [2.45, 2.75) is 32.7 Å². The summed E-state index contributed by atoms with van der Waals surface area (Å²) in [5.41, 5.74) is 0.955. The number of carboxylic acid groups (broad SMARTS) is 1. The molecule has 1 aromatic carbocycles. The van der Waals surface area contributed by atoms with Crippen molar-refractivity contribution in [3.63, 3.8) is 0 Å². The summed E-state index contributed by atoms with van der Waals surface area (Å²) in [6, 6.07) is 8.73. The first kappa shape index (κ1) is 19.3. The average Bonchev–Trinajstić information content (AvgIpc) is 3.05. The molecule has 9 heteroatoms. The maximum Gasteiger partial charge on any atom is 0.306 e. The average molecular weight is 383 g/mol. The van der Waals surface area contributed by atoms with E-state index in [1.165, 1.54) is 11.6 Å². The van der Waals surface area contributed by atoms with Gasteiger partial charge in [0, 0.05) is 11.4 Å². The summed E-state index contributed by atoms with van der Waals surface area (Å²) < 4.78 is 6.69. The van der Waals surface area contributed by atoms with Crippen molar-refractivity contribution in [1.29, 1.82) is 0 Å². The Kier molecular flexibility index (Phi) is 5.00. The molecule has 0 radical (unpaired) electrons. The number of carbonyl (C=O) groups is 2. The number of methoxy groups -OCH3 is 1. The maximum absolute atomic E-state index is 12.8. The lowest BCUT2D eigenvalue weighted by Gasteiger charge is -2.29. The predicted molar refractivity (Wildman–Crippen MR) is 100 cm³/mol. The number of aliphatic carboxylic acids is 1. The van der Waals surface area contributed by atoms with Gasteiger partial charge in [-0.1, -0.05) is 12.1 Å². The minimum Gasteiger partial charge on any atom is -0.497 e. The lowest BCUT2D eigenvalue weighted by molar-refractivity contribution is -0.138. The normalized spacial score (nSPS) is 13.1. The number of ether oxygens (including phenoxy) is 1. The van der Waals surface area contributed by atoms with E-state index in [0.717, 1.165) is 11.4 Å². The third-order valence-corrected chi connectivity index (χ3v) is 4.42. The van der Waals surface area contributed by atoms with Crippen molar-refractivity contribution >= 4 is 17.7 Å². The number of hydrogen-bond acceptors (Lipinski definition) is 6. The zero-order valence-electron chi connectivity index (χ0n) is 16.1. The third-order valence-electron chi connectivity index (χ3n) is 4.42. The summed E-state index contributed by atoms with van der Waals surface area (Å²) >= 11 is 0. The van der Waals surface area contributed by atoms with Crippen LogP contribution in [0.25, 0.3) is 5.78 Å². The van der Waals surface area contributed by atoms with Gasteiger partial charge in [-0.3, -0.25) is 9.59 Å². The molecule has 0 aliphatic rings. The molecule has 0 aliphatic carbocycles. The molecule has 0 saturated carbocycles. The van der Waals surface area contributed by atoms with Gasteiger partial charge in [-0.2, -0.15) is 4.98 Å². The summed E-state index contributed by atoms with van der Waals surface area (Å²) in [4.78, 5) is 32.7. The van der Waals surface area contributed by atoms with Crippen LogP contribution in [0.15, 0.2) is 30.3 Å². The van der Waals surface area contributed by atoms with Crippen molar-refractivity contribution in [3.05, 3.63) is 53.1 Å². The first-order valence-corrected chi connectivity index (χ1v) is 8.62. The van der Waals surface area contributed by atoms with Gasteiger partial charge in [0.15, 0.2) is 0 Å². The molecule has 3 aromatic rings. The van der Waals surface area contributed by atoms with E-state index < -0.39 is 17.4 Å². The molecule has 28 heavy (non-hydrogen) atoms. The quantitative estimate of drug-likeness (QED) is 0.667. The van der Waals surface area contributed by atoms with Crippen LogP contribution in [0.1, 0.15) is 40.9 Å². The fourth-order valence-corrected chi connectivity index (χ4v) is 3.06. The van der Waals surface area contributed by atoms with Gasteiger partial charge in [0.05, 0.1) is 19.1 Å². The van der Waals surface area contributed by atoms with Crippen molar-refractivity contribution < 1.29 is 19.4 Å². The van der Waals surface area contributed by atoms with Gasteiger partial charge >= 0.3 is 5.97 Å². The number of carbonyl (C=O) groups excluding carboxylic acids is 1. The van der Waals surface area contributed by atoms with Gasteiger partial charge in [-0.05, 0) is 44.5 Å². The van der Waals surface area contributed by atoms with Gasteiger partial charge in [-0.15, -0.1) is 5.10 Å². The van der Waals surface area contributed by atoms with Gasteiger partial charge in [-0.25, -0.2) is 9.50 Å². The molecule has 2 heterocycles. The molecule has 0 aliphatic heterocycles. The Hall–Kier alpha value is -3.49. The van der Waals surface area contributed by atoms with Crippen LogP contribution >= 0.6 is 0 Å². The number of carboxylic acids is 1. The van der Waals surface area contributed by atoms with Gasteiger partial charge in [0.25, 0.3) is 11.7 Å². The number of rotatable bonds is 6. The molecule has 1 amide bonds. The zero-order valence-corrected chi connectivity index (χ0v) is 16.1. The number of aromatic nitrogens is 4. The van der Waals surface area contributed by atoms with Crippen LogP contribution in [0.2, 0.25) is 0 Å². The molecule has 0 bridgehead atoms. The van der Waals surface area contributed by atoms with Crippen molar-refractivity contribution in [3.8, 4) is 5.75 Å². The molecule has 2 aromatic heterocycles. The molecule has 1 unspecified atom stereocenters. The van der Waals surface area contributed by atoms with Crippen molar-refractivity contribution in [2.75, 3.05) is 7.11 Å². The highest BCUT2D eigenvalue weighted by Gasteiger charge is 2.33. The van der Waals surface area contributed by atoms with E-state index in [1.54, 1.807) is 31.2 Å². The number of aryl methyl sites for hydroxylation is 2. The van der Waals surface area contributed by atoms with Crippen LogP contribution in [0.3, 0.4) is 0 Å². The number of nitrogens with zero attached hydrogens (tertiary/aromatic N) is 4. The standard InChI is InChI=1S/C19H21N5O4/c1-11-8-12(2)24-18(20-11)21-16(23-24)17(27)22-19(3,10-15(25)26)13-6-5-7-14(9-13)28-4/h5-9H,10H2,1-4H3,(H,22,27)(H,25,26). The van der Waals surface area contributed by atoms with E-state index in [-0.39, 0.29) is 12.2 Å². The SMILES string of the molecule is COc1cccc(C(C)(CC(=O)O)NC(=O)c2nc3nc(C)cc(C)n3n2)c1. The lowest BCUT2D eigenvalue weighted by Crippen LogP contribution is -2.45. The minimum absolute atomic E-state index is 0.0827. The molecule has 146 valence electrons. The highest BCUT2D eigenvalue weighted by atomic mass is 16.5. The number of nitrogens with one attached hydrogen (secondary N) is 1.